The van der Waals surface area contributed by atoms with Crippen molar-refractivity contribution in [3.05, 3.63) is 28.2 Å². The number of aryl methyl sites for hydroxylation is 2. The van der Waals surface area contributed by atoms with Crippen molar-refractivity contribution >= 4 is 5.97 Å². The van der Waals surface area contributed by atoms with Crippen LogP contribution in [-0.2, 0) is 11.3 Å². The molecule has 0 aromatic carbocycles. The summed E-state index contributed by atoms with van der Waals surface area (Å²) in [5.74, 6) is -0.784. The molecule has 5 heteroatoms. The Morgan fingerprint density at radius 3 is 2.67 bits per heavy atom. The highest BCUT2D eigenvalue weighted by molar-refractivity contribution is 5.73. The van der Waals surface area contributed by atoms with Gasteiger partial charge in [0.1, 0.15) is 0 Å². The molecule has 0 fully saturated rings. The zero-order valence-electron chi connectivity index (χ0n) is 11.1. The number of hydrogen-bond acceptors (Lipinski definition) is 3. The average molecular weight is 252 g/mol. The molecule has 0 saturated heterocycles. The smallest absolute Gasteiger partial charge is 0.309 e. The van der Waals surface area contributed by atoms with Crippen molar-refractivity contribution in [1.29, 1.82) is 0 Å². The fourth-order valence-electron chi connectivity index (χ4n) is 1.63. The number of hydrogen-bond donors (Lipinski definition) is 1. The maximum absolute atomic E-state index is 11.5. The summed E-state index contributed by atoms with van der Waals surface area (Å²) in [6.45, 7) is 5.79. The molecule has 1 rings (SSSR count). The van der Waals surface area contributed by atoms with Gasteiger partial charge in [-0.1, -0.05) is 6.42 Å². The number of carbonyl (C=O) groups is 1. The van der Waals surface area contributed by atoms with E-state index >= 15 is 0 Å². The van der Waals surface area contributed by atoms with Crippen LogP contribution in [0.3, 0.4) is 0 Å². The lowest BCUT2D eigenvalue weighted by atomic mass is 9.87. The van der Waals surface area contributed by atoms with Crippen molar-refractivity contribution in [2.45, 2.75) is 46.6 Å². The molecule has 0 atom stereocenters. The predicted octanol–water partition coefficient (Wildman–Crippen LogP) is 1.83. The van der Waals surface area contributed by atoms with Crippen LogP contribution >= 0.6 is 0 Å². The molecule has 1 aromatic heterocycles. The molecule has 18 heavy (non-hydrogen) atoms. The van der Waals surface area contributed by atoms with Crippen LogP contribution in [0.5, 0.6) is 0 Å². The number of nitrogens with zero attached hydrogens (tertiary/aromatic N) is 2. The summed E-state index contributed by atoms with van der Waals surface area (Å²) in [6.07, 6.45) is 3.78. The minimum absolute atomic E-state index is 0.104. The van der Waals surface area contributed by atoms with Crippen LogP contribution in [0.2, 0.25) is 0 Å². The highest BCUT2D eigenvalue weighted by Gasteiger charge is 2.25. The third-order valence-electron chi connectivity index (χ3n) is 3.01. The van der Waals surface area contributed by atoms with Gasteiger partial charge < -0.3 is 5.11 Å². The van der Waals surface area contributed by atoms with Crippen LogP contribution in [0.4, 0.5) is 0 Å². The number of carboxylic acid groups (broad SMARTS) is 1. The van der Waals surface area contributed by atoms with Crippen LogP contribution in [0.25, 0.3) is 0 Å². The Bertz CT molecular complexity index is 477. The van der Waals surface area contributed by atoms with Crippen molar-refractivity contribution in [1.82, 2.24) is 9.78 Å². The molecule has 100 valence electrons. The normalized spacial score (nSPS) is 11.5. The maximum Gasteiger partial charge on any atom is 0.309 e. The summed E-state index contributed by atoms with van der Waals surface area (Å²) in [7, 11) is 0. The van der Waals surface area contributed by atoms with Gasteiger partial charge in [0.2, 0.25) is 0 Å². The van der Waals surface area contributed by atoms with Gasteiger partial charge in [-0.3, -0.25) is 9.59 Å². The lowest BCUT2D eigenvalue weighted by molar-refractivity contribution is -0.147. The van der Waals surface area contributed by atoms with Crippen LogP contribution < -0.4 is 5.56 Å². The van der Waals surface area contributed by atoms with E-state index in [9.17, 15) is 9.59 Å². The average Bonchev–Trinajstić information content (AvgIpc) is 2.26. The van der Waals surface area contributed by atoms with Gasteiger partial charge in [-0.15, -0.1) is 0 Å². The molecule has 0 aliphatic rings. The molecular formula is C13H20N2O3. The van der Waals surface area contributed by atoms with Crippen molar-refractivity contribution in [2.24, 2.45) is 5.41 Å². The van der Waals surface area contributed by atoms with Crippen LogP contribution in [0.1, 0.15) is 38.7 Å². The van der Waals surface area contributed by atoms with Gasteiger partial charge in [-0.05, 0) is 39.2 Å². The second-order valence-electron chi connectivity index (χ2n) is 5.24. The standard InChI is InChI=1S/C13H20N2O3/c1-10-8-11(16)15(14-9-10)7-5-4-6-13(2,3)12(17)18/h8-9H,4-7H2,1-3H3,(H,17,18). The summed E-state index contributed by atoms with van der Waals surface area (Å²) in [4.78, 5) is 22.5. The molecule has 1 heterocycles. The highest BCUT2D eigenvalue weighted by atomic mass is 16.4. The number of aromatic nitrogens is 2. The van der Waals surface area contributed by atoms with E-state index in [1.54, 1.807) is 26.1 Å². The van der Waals surface area contributed by atoms with Gasteiger partial charge in [0.05, 0.1) is 11.6 Å². The molecule has 0 bridgehead atoms. The fourth-order valence-corrected chi connectivity index (χ4v) is 1.63. The van der Waals surface area contributed by atoms with E-state index in [-0.39, 0.29) is 5.56 Å². The van der Waals surface area contributed by atoms with Gasteiger partial charge in [0.25, 0.3) is 5.56 Å². The summed E-state index contributed by atoms with van der Waals surface area (Å²) in [5, 5.41) is 13.0. The van der Waals surface area contributed by atoms with E-state index in [1.807, 2.05) is 6.92 Å². The van der Waals surface area contributed by atoms with Crippen LogP contribution in [0, 0.1) is 12.3 Å². The Balaban J connectivity index is 2.43. The van der Waals surface area contributed by atoms with Crippen LogP contribution in [-0.4, -0.2) is 20.9 Å². The Kier molecular flexibility index (Phi) is 4.64. The van der Waals surface area contributed by atoms with Crippen LogP contribution in [0.15, 0.2) is 17.1 Å². The molecule has 0 aliphatic heterocycles. The molecule has 0 spiro atoms. The zero-order chi connectivity index (χ0) is 13.8. The maximum atomic E-state index is 11.5. The van der Waals surface area contributed by atoms with Gasteiger partial charge in [0.15, 0.2) is 0 Å². The van der Waals surface area contributed by atoms with Gasteiger partial charge in [-0.25, -0.2) is 4.68 Å². The number of rotatable bonds is 6. The third-order valence-corrected chi connectivity index (χ3v) is 3.01. The minimum Gasteiger partial charge on any atom is -0.481 e. The van der Waals surface area contributed by atoms with Gasteiger partial charge in [0, 0.05) is 12.6 Å². The lowest BCUT2D eigenvalue weighted by Gasteiger charge is -2.18. The predicted molar refractivity (Wildman–Crippen MR) is 68.5 cm³/mol. The largest absolute Gasteiger partial charge is 0.481 e. The van der Waals surface area contributed by atoms with E-state index in [0.717, 1.165) is 18.4 Å². The first-order valence-electron chi connectivity index (χ1n) is 6.10. The Labute approximate surface area is 106 Å². The molecule has 0 amide bonds. The van der Waals surface area contributed by atoms with Crippen molar-refractivity contribution in [3.63, 3.8) is 0 Å². The lowest BCUT2D eigenvalue weighted by Crippen LogP contribution is -2.24. The quantitative estimate of drug-likeness (QED) is 0.784. The molecule has 0 saturated carbocycles. The first-order valence-corrected chi connectivity index (χ1v) is 6.10. The second kappa shape index (κ2) is 5.80. The van der Waals surface area contributed by atoms with E-state index in [4.69, 9.17) is 5.11 Å². The van der Waals surface area contributed by atoms with Crippen molar-refractivity contribution < 1.29 is 9.90 Å². The second-order valence-corrected chi connectivity index (χ2v) is 5.24. The molecule has 5 nitrogen and oxygen atoms in total. The topological polar surface area (TPSA) is 72.2 Å². The fraction of sp³-hybridized carbons (Fsp3) is 0.615. The summed E-state index contributed by atoms with van der Waals surface area (Å²) in [6, 6.07) is 1.55. The van der Waals surface area contributed by atoms with Crippen molar-refractivity contribution in [2.75, 3.05) is 0 Å². The Morgan fingerprint density at radius 1 is 1.44 bits per heavy atom. The van der Waals surface area contributed by atoms with E-state index in [1.165, 1.54) is 4.68 Å². The van der Waals surface area contributed by atoms with Crippen molar-refractivity contribution in [3.8, 4) is 0 Å². The Hall–Kier alpha value is -1.65. The molecular weight excluding hydrogens is 232 g/mol. The summed E-state index contributed by atoms with van der Waals surface area (Å²) in [5.41, 5.74) is 0.0434. The zero-order valence-corrected chi connectivity index (χ0v) is 11.1. The molecule has 1 N–H and O–H groups in total. The Morgan fingerprint density at radius 2 is 2.11 bits per heavy atom. The van der Waals surface area contributed by atoms with E-state index in [2.05, 4.69) is 5.10 Å². The number of carboxylic acids is 1. The van der Waals surface area contributed by atoms with Gasteiger partial charge in [-0.2, -0.15) is 5.10 Å². The first kappa shape index (κ1) is 14.4. The summed E-state index contributed by atoms with van der Waals surface area (Å²) >= 11 is 0. The first-order chi connectivity index (χ1) is 8.33. The molecule has 0 radical (unpaired) electrons. The monoisotopic (exact) mass is 252 g/mol. The third kappa shape index (κ3) is 3.98. The van der Waals surface area contributed by atoms with E-state index < -0.39 is 11.4 Å². The van der Waals surface area contributed by atoms with E-state index in [0.29, 0.717) is 13.0 Å². The molecule has 1 aromatic rings. The van der Waals surface area contributed by atoms with Gasteiger partial charge >= 0.3 is 5.97 Å². The molecule has 0 aliphatic carbocycles. The number of aliphatic carboxylic acids is 1. The summed E-state index contributed by atoms with van der Waals surface area (Å²) < 4.78 is 1.42. The highest BCUT2D eigenvalue weighted by Crippen LogP contribution is 2.23. The SMILES string of the molecule is Cc1cnn(CCCCC(C)(C)C(=O)O)c(=O)c1. The number of unbranched alkanes of at least 4 members (excludes halogenated alkanes) is 1. The minimum atomic E-state index is -0.784. The molecule has 0 unspecified atom stereocenters.